The minimum atomic E-state index is -1.28. The maximum atomic E-state index is 12.3. The van der Waals surface area contributed by atoms with E-state index in [9.17, 15) is 13.8 Å². The second-order valence-electron chi connectivity index (χ2n) is 8.59. The third-order valence-corrected chi connectivity index (χ3v) is 7.48. The van der Waals surface area contributed by atoms with E-state index in [-0.39, 0.29) is 79.6 Å². The second kappa shape index (κ2) is 22.4. The monoisotopic (exact) mass is 741 g/mol. The van der Waals surface area contributed by atoms with Crippen LogP contribution in [0.1, 0.15) is 45.7 Å². The van der Waals surface area contributed by atoms with Crippen LogP contribution in [0.4, 0.5) is 11.6 Å². The molecule has 12 nitrogen and oxygen atoms in total. The van der Waals surface area contributed by atoms with Crippen LogP contribution in [0, 0.1) is 13.0 Å². The Balaban J connectivity index is 0.000000698. The summed E-state index contributed by atoms with van der Waals surface area (Å²) < 4.78 is 16.5. The maximum Gasteiger partial charge on any atom is 2.00 e. The molecule has 0 spiro atoms. The molecular formula is C30H36BrMgN7O5S2. The first-order valence-electron chi connectivity index (χ1n) is 13.3. The topological polar surface area (TPSA) is 177 Å². The van der Waals surface area contributed by atoms with E-state index in [1.807, 2.05) is 50.2 Å². The molecule has 0 radical (unpaired) electrons. The van der Waals surface area contributed by atoms with Gasteiger partial charge in [-0.3, -0.25) is 18.6 Å². The van der Waals surface area contributed by atoms with Gasteiger partial charge >= 0.3 is 23.1 Å². The van der Waals surface area contributed by atoms with Gasteiger partial charge in [0, 0.05) is 36.5 Å². The summed E-state index contributed by atoms with van der Waals surface area (Å²) in [5.41, 5.74) is 13.5. The van der Waals surface area contributed by atoms with Crippen molar-refractivity contribution in [3.63, 3.8) is 0 Å². The number of rotatable bonds is 9. The number of halogens is 1. The molecule has 1 amide bonds. The quantitative estimate of drug-likeness (QED) is 0.0613. The minimum Gasteiger partial charge on any atom is -1.00 e. The van der Waals surface area contributed by atoms with Gasteiger partial charge in [0.15, 0.2) is 10.9 Å². The summed E-state index contributed by atoms with van der Waals surface area (Å²) in [4.78, 5) is 44.7. The molecule has 0 aliphatic heterocycles. The normalized spacial score (nSPS) is 10.3. The Morgan fingerprint density at radius 3 is 2.02 bits per heavy atom. The second-order valence-corrected chi connectivity index (χ2v) is 11.5. The summed E-state index contributed by atoms with van der Waals surface area (Å²) in [6, 6.07) is 17.4. The van der Waals surface area contributed by atoms with Gasteiger partial charge in [0.2, 0.25) is 5.16 Å². The van der Waals surface area contributed by atoms with Crippen molar-refractivity contribution in [2.75, 3.05) is 44.2 Å². The Bertz CT molecular complexity index is 1550. The Labute approximate surface area is 302 Å². The molecule has 46 heavy (non-hydrogen) atoms. The van der Waals surface area contributed by atoms with Crippen molar-refractivity contribution in [3.8, 4) is 5.75 Å². The molecule has 0 bridgehead atoms. The molecule has 4 rings (SSSR count). The fourth-order valence-electron chi connectivity index (χ4n) is 3.15. The fourth-order valence-corrected chi connectivity index (χ4v) is 4.33. The van der Waals surface area contributed by atoms with E-state index in [1.165, 1.54) is 38.3 Å². The zero-order valence-electron chi connectivity index (χ0n) is 26.5. The van der Waals surface area contributed by atoms with Crippen LogP contribution in [0.25, 0.3) is 0 Å². The van der Waals surface area contributed by atoms with Crippen molar-refractivity contribution in [1.29, 1.82) is 0 Å². The van der Waals surface area contributed by atoms with Gasteiger partial charge in [0.05, 0.1) is 30.6 Å². The van der Waals surface area contributed by atoms with Crippen LogP contribution in [-0.4, -0.2) is 96.7 Å². The number of carbonyl (C=O) groups excluding carboxylic acids is 2. The van der Waals surface area contributed by atoms with E-state index in [2.05, 4.69) is 26.0 Å². The summed E-state index contributed by atoms with van der Waals surface area (Å²) in [5, 5.41) is 1.80. The smallest absolute Gasteiger partial charge is 1.00 e. The first-order chi connectivity index (χ1) is 21.1. The molecule has 1 unspecified atom stereocenters. The number of carbonyl (C=O) groups is 2. The van der Waals surface area contributed by atoms with Gasteiger partial charge in [-0.1, -0.05) is 55.4 Å². The van der Waals surface area contributed by atoms with E-state index >= 15 is 0 Å². The number of nitrogen functional groups attached to an aromatic ring is 2. The predicted octanol–water partition coefficient (Wildman–Crippen LogP) is 0.649. The van der Waals surface area contributed by atoms with Crippen LogP contribution in [0.5, 0.6) is 5.75 Å². The van der Waals surface area contributed by atoms with Gasteiger partial charge in [-0.15, -0.1) is 12.1 Å². The van der Waals surface area contributed by atoms with Crippen molar-refractivity contribution in [3.05, 3.63) is 89.2 Å². The molecule has 16 heteroatoms. The molecule has 0 saturated carbocycles. The molecule has 1 atom stereocenters. The van der Waals surface area contributed by atoms with E-state index in [4.69, 9.17) is 21.0 Å². The van der Waals surface area contributed by atoms with Gasteiger partial charge in [-0.25, -0.2) is 25.0 Å². The van der Waals surface area contributed by atoms with E-state index in [0.29, 0.717) is 16.5 Å². The number of methoxy groups -OCH3 is 1. The molecule has 0 fully saturated rings. The number of aryl methyl sites for hydroxylation is 1. The molecule has 0 aliphatic carbocycles. The number of aromatic nitrogens is 4. The zero-order chi connectivity index (χ0) is 32.6. The molecular weight excluding hydrogens is 707 g/mol. The summed E-state index contributed by atoms with van der Waals surface area (Å²) in [6.07, 6.45) is 2.76. The van der Waals surface area contributed by atoms with Gasteiger partial charge < -0.3 is 33.2 Å². The fraction of sp³-hybridized carbons (Fsp3) is 0.267. The number of hydrogen-bond donors (Lipinski definition) is 2. The molecule has 4 N–H and O–H groups in total. The van der Waals surface area contributed by atoms with Crippen LogP contribution >= 0.6 is 11.8 Å². The van der Waals surface area contributed by atoms with E-state index in [1.54, 1.807) is 26.2 Å². The minimum absolute atomic E-state index is 0. The van der Waals surface area contributed by atoms with Crippen LogP contribution in [0.3, 0.4) is 0 Å². The number of ketones is 1. The Hall–Kier alpha value is -3.15. The Morgan fingerprint density at radius 2 is 1.54 bits per heavy atom. The van der Waals surface area contributed by atoms with Crippen molar-refractivity contribution < 1.29 is 40.4 Å². The van der Waals surface area contributed by atoms with Crippen LogP contribution in [-0.2, 0) is 15.6 Å². The number of anilines is 2. The number of hydrogen-bond acceptors (Lipinski definition) is 12. The molecule has 4 aromatic rings. The Kier molecular flexibility index (Phi) is 20.9. The molecule has 2 aromatic heterocycles. The number of nitrogens with zero attached hydrogens (tertiary/aromatic N) is 5. The van der Waals surface area contributed by atoms with Gasteiger partial charge in [0.1, 0.15) is 17.2 Å². The third-order valence-electron chi connectivity index (χ3n) is 5.60. The standard InChI is InChI=1S/C14H15N3O2S.C9H14N4O2S.C7H7O.BrH.Mg/c1-3-20(19)14-16-8-11(13(15)17-14)12(18)10-6-4-9(2)5-7-10;1-4-16-9-11-5-6(7(10)12-9)8(14)13(2)15-3;1-8-7-5-3-2-4-6-7;;/h4-8H,3H2,1-2H3,(H2,15,16,17);5H,4H2,1-3H3,(H2,10,11,12);3-6H,1H3;1H;/q;;-1;;+2/p-1. The van der Waals surface area contributed by atoms with Crippen molar-refractivity contribution >= 4 is 68.9 Å². The number of thioether (sulfide) groups is 1. The number of hydroxylamine groups is 2. The van der Waals surface area contributed by atoms with Crippen molar-refractivity contribution in [2.24, 2.45) is 0 Å². The first-order valence-corrected chi connectivity index (χ1v) is 15.6. The predicted molar refractivity (Wildman–Crippen MR) is 178 cm³/mol. The molecule has 242 valence electrons. The maximum absolute atomic E-state index is 12.3. The van der Waals surface area contributed by atoms with E-state index in [0.717, 1.165) is 22.1 Å². The zero-order valence-corrected chi connectivity index (χ0v) is 31.2. The average Bonchev–Trinajstić information content (AvgIpc) is 3.05. The largest absolute Gasteiger partial charge is 2.00 e. The third kappa shape index (κ3) is 13.3. The van der Waals surface area contributed by atoms with Crippen molar-refractivity contribution in [1.82, 2.24) is 25.0 Å². The average molecular weight is 743 g/mol. The summed E-state index contributed by atoms with van der Waals surface area (Å²) in [5.74, 6) is 1.76. The molecule has 0 aliphatic rings. The summed E-state index contributed by atoms with van der Waals surface area (Å²) >= 11 is 1.47. The van der Waals surface area contributed by atoms with Crippen LogP contribution in [0.15, 0.2) is 71.2 Å². The number of amides is 1. The van der Waals surface area contributed by atoms with E-state index < -0.39 is 10.8 Å². The summed E-state index contributed by atoms with van der Waals surface area (Å²) in [7, 11) is 3.26. The van der Waals surface area contributed by atoms with Gasteiger partial charge in [-0.2, -0.15) is 18.2 Å². The molecule has 2 heterocycles. The van der Waals surface area contributed by atoms with Crippen LogP contribution < -0.4 is 33.2 Å². The van der Waals surface area contributed by atoms with Gasteiger partial charge in [-0.05, 0) is 12.7 Å². The van der Waals surface area contributed by atoms with Crippen molar-refractivity contribution in [2.45, 2.75) is 31.1 Å². The SMILES string of the molecule is CCS(=O)c1ncc(C(=O)c2ccc(C)cc2)c(N)n1.CCSc1ncc(C(=O)N(C)OC)c(N)n1.COc1cc[c-]cc1.[Br-].[Mg+2]. The number of nitrogens with two attached hydrogens (primary N) is 2. The molecule has 0 saturated heterocycles. The number of ether oxygens (including phenoxy) is 1. The summed E-state index contributed by atoms with van der Waals surface area (Å²) in [6.45, 7) is 5.70. The first kappa shape index (κ1) is 42.8. The van der Waals surface area contributed by atoms with Crippen LogP contribution in [0.2, 0.25) is 0 Å². The number of benzene rings is 2. The molecule has 2 aromatic carbocycles. The van der Waals surface area contributed by atoms with Gasteiger partial charge in [0.25, 0.3) is 5.91 Å². The Morgan fingerprint density at radius 1 is 0.957 bits per heavy atom.